The number of rotatable bonds is 7. The first-order valence-corrected chi connectivity index (χ1v) is 12.8. The van der Waals surface area contributed by atoms with Crippen LogP contribution >= 0.6 is 0 Å². The number of benzene rings is 1. The first-order chi connectivity index (χ1) is 17.3. The number of aromatic nitrogens is 2. The number of hydrogen-bond acceptors (Lipinski definition) is 6. The van der Waals surface area contributed by atoms with Crippen molar-refractivity contribution in [1.82, 2.24) is 19.2 Å². The summed E-state index contributed by atoms with van der Waals surface area (Å²) in [4.78, 5) is 29.1. The third kappa shape index (κ3) is 6.82. The molecule has 0 aliphatic carbocycles. The molecule has 2 amide bonds. The predicted octanol–water partition coefficient (Wildman–Crippen LogP) is 4.05. The van der Waals surface area contributed by atoms with E-state index in [4.69, 9.17) is 4.74 Å². The minimum absolute atomic E-state index is 0.0199. The summed E-state index contributed by atoms with van der Waals surface area (Å²) in [7, 11) is -1.25. The van der Waals surface area contributed by atoms with Crippen LogP contribution in [0.1, 0.15) is 31.9 Å². The quantitative estimate of drug-likeness (QED) is 0.463. The van der Waals surface area contributed by atoms with Gasteiger partial charge in [0.05, 0.1) is 12.2 Å². The molecule has 0 bridgehead atoms. The van der Waals surface area contributed by atoms with Gasteiger partial charge < -0.3 is 15.0 Å². The van der Waals surface area contributed by atoms with Crippen LogP contribution in [0.3, 0.4) is 0 Å². The lowest BCUT2D eigenvalue weighted by molar-refractivity contribution is -0.115. The van der Waals surface area contributed by atoms with Crippen molar-refractivity contribution in [2.75, 3.05) is 14.1 Å². The van der Waals surface area contributed by atoms with Crippen LogP contribution in [0.25, 0.3) is 17.3 Å². The number of hydrogen-bond donors (Lipinski definition) is 1. The summed E-state index contributed by atoms with van der Waals surface area (Å²) < 4.78 is 48.5. The number of ether oxygens (including phenoxy) is 1. The van der Waals surface area contributed by atoms with E-state index in [-0.39, 0.29) is 28.6 Å². The highest BCUT2D eigenvalue weighted by atomic mass is 32.2. The molecule has 0 unspecified atom stereocenters. The van der Waals surface area contributed by atoms with Gasteiger partial charge in [0, 0.05) is 44.3 Å². The maximum Gasteiger partial charge on any atom is 0.410 e. The van der Waals surface area contributed by atoms with E-state index in [2.05, 4.69) is 10.3 Å². The van der Waals surface area contributed by atoms with Crippen LogP contribution < -0.4 is 5.32 Å². The summed E-state index contributed by atoms with van der Waals surface area (Å²) in [5.41, 5.74) is 0.272. The molecule has 0 saturated heterocycles. The lowest BCUT2D eigenvalue weighted by atomic mass is 10.1. The number of nitrogens with zero attached hydrogens (tertiary/aromatic N) is 3. The molecule has 196 valence electrons. The number of halogens is 1. The molecule has 3 aromatic rings. The van der Waals surface area contributed by atoms with Gasteiger partial charge in [0.2, 0.25) is 5.91 Å². The van der Waals surface area contributed by atoms with E-state index in [1.54, 1.807) is 26.8 Å². The normalized spacial score (nSPS) is 11.9. The van der Waals surface area contributed by atoms with Crippen LogP contribution in [0.4, 0.5) is 9.18 Å². The molecule has 0 atom stereocenters. The smallest absolute Gasteiger partial charge is 0.410 e. The lowest BCUT2D eigenvalue weighted by Gasteiger charge is -2.24. The van der Waals surface area contributed by atoms with Crippen LogP contribution in [0.2, 0.25) is 0 Å². The summed E-state index contributed by atoms with van der Waals surface area (Å²) in [6.45, 7) is 5.24. The molecule has 0 saturated carbocycles. The molecule has 3 rings (SSSR count). The number of carbonyl (C=O) groups excluding carboxylic acids is 2. The van der Waals surface area contributed by atoms with Crippen molar-refractivity contribution >= 4 is 28.1 Å². The largest absolute Gasteiger partial charge is 0.444 e. The van der Waals surface area contributed by atoms with Gasteiger partial charge in [0.1, 0.15) is 16.3 Å². The van der Waals surface area contributed by atoms with Crippen LogP contribution in [0.5, 0.6) is 0 Å². The Labute approximate surface area is 215 Å². The summed E-state index contributed by atoms with van der Waals surface area (Å²) >= 11 is 0. The van der Waals surface area contributed by atoms with Gasteiger partial charge in [0.15, 0.2) is 0 Å². The molecule has 0 radical (unpaired) electrons. The highest BCUT2D eigenvalue weighted by molar-refractivity contribution is 7.90. The van der Waals surface area contributed by atoms with Crippen LogP contribution in [0.15, 0.2) is 66.0 Å². The minimum Gasteiger partial charge on any atom is -0.444 e. The minimum atomic E-state index is -4.25. The van der Waals surface area contributed by atoms with E-state index in [1.165, 1.54) is 80.1 Å². The second-order valence-electron chi connectivity index (χ2n) is 9.25. The fraction of sp³-hybridized carbons (Fsp3) is 0.269. The van der Waals surface area contributed by atoms with E-state index < -0.39 is 27.5 Å². The van der Waals surface area contributed by atoms with Gasteiger partial charge in [-0.15, -0.1) is 0 Å². The highest BCUT2D eigenvalue weighted by Gasteiger charge is 2.26. The third-order valence-corrected chi connectivity index (χ3v) is 6.72. The van der Waals surface area contributed by atoms with Gasteiger partial charge in [-0.1, -0.05) is 12.1 Å². The molecule has 9 nitrogen and oxygen atoms in total. The van der Waals surface area contributed by atoms with Crippen molar-refractivity contribution in [2.45, 2.75) is 37.8 Å². The SMILES string of the molecule is CNC(=O)/C=C/c1cncc(S(=O)(=O)n2cc(CN(C)C(=O)OC(C)(C)C)cc2-c2ccccc2F)c1. The van der Waals surface area contributed by atoms with Crippen molar-refractivity contribution in [1.29, 1.82) is 0 Å². The van der Waals surface area contributed by atoms with Gasteiger partial charge in [-0.05, 0) is 62.2 Å². The molecule has 2 heterocycles. The van der Waals surface area contributed by atoms with Crippen molar-refractivity contribution in [3.8, 4) is 11.3 Å². The molecule has 0 aliphatic heterocycles. The molecule has 1 N–H and O–H groups in total. The molecule has 37 heavy (non-hydrogen) atoms. The molecule has 0 spiro atoms. The zero-order chi connectivity index (χ0) is 27.4. The Hall–Kier alpha value is -3.99. The zero-order valence-electron chi connectivity index (χ0n) is 21.2. The Kier molecular flexibility index (Phi) is 8.17. The summed E-state index contributed by atoms with van der Waals surface area (Å²) in [6, 6.07) is 8.68. The van der Waals surface area contributed by atoms with Gasteiger partial charge in [-0.3, -0.25) is 9.78 Å². The summed E-state index contributed by atoms with van der Waals surface area (Å²) in [5.74, 6) is -0.969. The van der Waals surface area contributed by atoms with E-state index in [0.717, 1.165) is 3.97 Å². The second kappa shape index (κ2) is 11.0. The first-order valence-electron chi connectivity index (χ1n) is 11.3. The molecule has 1 aromatic carbocycles. The average Bonchev–Trinajstić information content (AvgIpc) is 3.26. The average molecular weight is 529 g/mol. The Balaban J connectivity index is 2.07. The van der Waals surface area contributed by atoms with Crippen molar-refractivity contribution in [3.05, 3.63) is 78.0 Å². The molecule has 11 heteroatoms. The molecule has 0 aliphatic rings. The monoisotopic (exact) mass is 528 g/mol. The predicted molar refractivity (Wildman–Crippen MR) is 137 cm³/mol. The Morgan fingerprint density at radius 2 is 1.89 bits per heavy atom. The van der Waals surface area contributed by atoms with Gasteiger partial charge in [0.25, 0.3) is 10.0 Å². The van der Waals surface area contributed by atoms with E-state index in [9.17, 15) is 22.4 Å². The van der Waals surface area contributed by atoms with Crippen LogP contribution in [-0.4, -0.2) is 54.0 Å². The van der Waals surface area contributed by atoms with Gasteiger partial charge in [-0.25, -0.2) is 21.6 Å². The van der Waals surface area contributed by atoms with E-state index >= 15 is 0 Å². The van der Waals surface area contributed by atoms with Crippen molar-refractivity contribution in [3.63, 3.8) is 0 Å². The second-order valence-corrected chi connectivity index (χ2v) is 11.1. The number of pyridine rings is 1. The highest BCUT2D eigenvalue weighted by Crippen LogP contribution is 2.30. The molecule has 0 fully saturated rings. The number of amides is 2. The van der Waals surface area contributed by atoms with E-state index in [0.29, 0.717) is 11.1 Å². The number of likely N-dealkylation sites (N-methyl/N-ethyl adjacent to an activating group) is 1. The van der Waals surface area contributed by atoms with E-state index in [1.807, 2.05) is 0 Å². The fourth-order valence-electron chi connectivity index (χ4n) is 3.36. The fourth-order valence-corrected chi connectivity index (χ4v) is 4.75. The zero-order valence-corrected chi connectivity index (χ0v) is 22.0. The maximum atomic E-state index is 14.8. The third-order valence-electron chi connectivity index (χ3n) is 5.08. The Morgan fingerprint density at radius 3 is 2.54 bits per heavy atom. The van der Waals surface area contributed by atoms with Crippen LogP contribution in [0, 0.1) is 5.82 Å². The Bertz CT molecular complexity index is 1440. The van der Waals surface area contributed by atoms with Gasteiger partial charge >= 0.3 is 6.09 Å². The summed E-state index contributed by atoms with van der Waals surface area (Å²) in [5, 5.41) is 2.43. The van der Waals surface area contributed by atoms with Crippen molar-refractivity contribution in [2.24, 2.45) is 0 Å². The number of carbonyl (C=O) groups is 2. The summed E-state index contributed by atoms with van der Waals surface area (Å²) in [6.07, 6.45) is 6.01. The number of nitrogens with one attached hydrogen (secondary N) is 1. The van der Waals surface area contributed by atoms with Crippen molar-refractivity contribution < 1.29 is 27.1 Å². The van der Waals surface area contributed by atoms with Gasteiger partial charge in [-0.2, -0.15) is 0 Å². The maximum absolute atomic E-state index is 14.8. The standard InChI is InChI=1S/C26H29FN4O5S/c1-26(2,3)36-25(33)30(5)16-19-13-23(21-8-6-7-9-22(21)27)31(17-19)37(34,35)20-12-18(14-29-15-20)10-11-24(32)28-4/h6-15,17H,16H2,1-5H3,(H,28,32)/b11-10+. The molecular formula is C26H29FN4O5S. The topological polar surface area (TPSA) is 111 Å². The lowest BCUT2D eigenvalue weighted by Crippen LogP contribution is -2.33. The first kappa shape index (κ1) is 27.6. The van der Waals surface area contributed by atoms with Crippen LogP contribution in [-0.2, 0) is 26.1 Å². The Morgan fingerprint density at radius 1 is 1.19 bits per heavy atom. The molecule has 2 aromatic heterocycles. The molecular weight excluding hydrogens is 499 g/mol.